The van der Waals surface area contributed by atoms with Crippen LogP contribution in [0.15, 0.2) is 83.3 Å². The van der Waals surface area contributed by atoms with Crippen molar-refractivity contribution in [3.63, 3.8) is 0 Å². The van der Waals surface area contributed by atoms with Crippen LogP contribution in [-0.4, -0.2) is 30.2 Å². The van der Waals surface area contributed by atoms with Crippen LogP contribution in [-0.2, 0) is 0 Å². The maximum atomic E-state index is 12.8. The van der Waals surface area contributed by atoms with Crippen molar-refractivity contribution in [2.45, 2.75) is 0 Å². The molecule has 0 fully saturated rings. The van der Waals surface area contributed by atoms with Crippen LogP contribution >= 0.6 is 12.2 Å². The number of ether oxygens (including phenoxy) is 2. The number of carbonyl (C=O) groups is 1. The standard InChI is InChI=1S/C27H21N3O4S/c1-32-22-8-5-9-23(33-2)24(22)25(31)30-27(35)28-19-12-13-21-20(15-19)29-26(34-21)18-11-10-16-6-3-4-7-17(16)14-18/h3-15H,1-2H3,(H2,28,30,31,35). The first-order chi connectivity index (χ1) is 17.1. The van der Waals surface area contributed by atoms with E-state index in [1.165, 1.54) is 14.2 Å². The molecule has 35 heavy (non-hydrogen) atoms. The normalized spacial score (nSPS) is 10.8. The van der Waals surface area contributed by atoms with Gasteiger partial charge in [0, 0.05) is 11.3 Å². The Hall–Kier alpha value is -4.43. The molecule has 7 nitrogen and oxygen atoms in total. The SMILES string of the molecule is COc1cccc(OC)c1C(=O)NC(=S)Nc1ccc2oc(-c3ccc4ccccc4c3)nc2c1. The Morgan fingerprint density at radius 1 is 0.886 bits per heavy atom. The van der Waals surface area contributed by atoms with E-state index in [2.05, 4.69) is 33.8 Å². The molecule has 1 heterocycles. The van der Waals surface area contributed by atoms with Gasteiger partial charge in [0.05, 0.1) is 14.2 Å². The Morgan fingerprint density at radius 3 is 2.37 bits per heavy atom. The topological polar surface area (TPSA) is 85.6 Å². The fourth-order valence-electron chi connectivity index (χ4n) is 3.85. The van der Waals surface area contributed by atoms with E-state index in [1.54, 1.807) is 24.3 Å². The summed E-state index contributed by atoms with van der Waals surface area (Å²) in [6, 6.07) is 24.7. The molecule has 0 unspecified atom stereocenters. The van der Waals surface area contributed by atoms with Gasteiger partial charge in [-0.1, -0.05) is 36.4 Å². The first-order valence-electron chi connectivity index (χ1n) is 10.8. The van der Waals surface area contributed by atoms with E-state index in [4.69, 9.17) is 26.1 Å². The summed E-state index contributed by atoms with van der Waals surface area (Å²) in [6.07, 6.45) is 0. The molecule has 0 aliphatic carbocycles. The minimum atomic E-state index is -0.446. The van der Waals surface area contributed by atoms with Crippen LogP contribution in [0.3, 0.4) is 0 Å². The van der Waals surface area contributed by atoms with E-state index in [0.717, 1.165) is 16.3 Å². The first kappa shape index (κ1) is 22.4. The number of nitrogens with zero attached hydrogens (tertiary/aromatic N) is 1. The number of amides is 1. The van der Waals surface area contributed by atoms with Gasteiger partial charge in [-0.2, -0.15) is 0 Å². The smallest absolute Gasteiger partial charge is 0.264 e. The molecule has 0 radical (unpaired) electrons. The lowest BCUT2D eigenvalue weighted by Gasteiger charge is -2.14. The number of fused-ring (bicyclic) bond motifs is 2. The van der Waals surface area contributed by atoms with Crippen LogP contribution in [0.4, 0.5) is 5.69 Å². The van der Waals surface area contributed by atoms with Crippen molar-refractivity contribution < 1.29 is 18.7 Å². The number of aromatic nitrogens is 1. The van der Waals surface area contributed by atoms with Gasteiger partial charge >= 0.3 is 0 Å². The molecule has 0 saturated heterocycles. The highest BCUT2D eigenvalue weighted by molar-refractivity contribution is 7.80. The minimum Gasteiger partial charge on any atom is -0.496 e. The van der Waals surface area contributed by atoms with Crippen LogP contribution in [0.1, 0.15) is 10.4 Å². The van der Waals surface area contributed by atoms with Gasteiger partial charge in [0.2, 0.25) is 5.89 Å². The van der Waals surface area contributed by atoms with E-state index < -0.39 is 5.91 Å². The number of thiocarbonyl (C=S) groups is 1. The fraction of sp³-hybridized carbons (Fsp3) is 0.0741. The average Bonchev–Trinajstić information content (AvgIpc) is 3.31. The van der Waals surface area contributed by atoms with E-state index in [9.17, 15) is 4.79 Å². The van der Waals surface area contributed by atoms with Crippen molar-refractivity contribution in [2.75, 3.05) is 19.5 Å². The van der Waals surface area contributed by atoms with Gasteiger partial charge in [0.25, 0.3) is 5.91 Å². The lowest BCUT2D eigenvalue weighted by molar-refractivity contribution is 0.0971. The lowest BCUT2D eigenvalue weighted by atomic mass is 10.1. The van der Waals surface area contributed by atoms with Crippen molar-refractivity contribution in [3.8, 4) is 23.0 Å². The van der Waals surface area contributed by atoms with Gasteiger partial charge in [-0.3, -0.25) is 10.1 Å². The Bertz CT molecular complexity index is 1560. The number of benzene rings is 4. The Morgan fingerprint density at radius 2 is 1.63 bits per heavy atom. The maximum Gasteiger partial charge on any atom is 0.264 e. The van der Waals surface area contributed by atoms with E-state index in [0.29, 0.717) is 34.2 Å². The molecule has 174 valence electrons. The Kier molecular flexibility index (Phi) is 6.03. The van der Waals surface area contributed by atoms with Crippen molar-refractivity contribution in [1.29, 1.82) is 0 Å². The Balaban J connectivity index is 1.34. The summed E-state index contributed by atoms with van der Waals surface area (Å²) >= 11 is 5.35. The Labute approximate surface area is 206 Å². The fourth-order valence-corrected chi connectivity index (χ4v) is 4.06. The first-order valence-corrected chi connectivity index (χ1v) is 11.2. The number of methoxy groups -OCH3 is 2. The van der Waals surface area contributed by atoms with Gasteiger partial charge in [0.15, 0.2) is 10.7 Å². The predicted octanol–water partition coefficient (Wildman–Crippen LogP) is 5.79. The second-order valence-corrected chi connectivity index (χ2v) is 8.12. The predicted molar refractivity (Wildman–Crippen MR) is 140 cm³/mol. The highest BCUT2D eigenvalue weighted by atomic mass is 32.1. The van der Waals surface area contributed by atoms with Gasteiger partial charge < -0.3 is 19.2 Å². The molecular weight excluding hydrogens is 462 g/mol. The molecule has 5 rings (SSSR count). The molecule has 1 aromatic heterocycles. The van der Waals surface area contributed by atoms with Gasteiger partial charge in [-0.25, -0.2) is 4.98 Å². The van der Waals surface area contributed by atoms with E-state index in [-0.39, 0.29) is 10.7 Å². The monoisotopic (exact) mass is 483 g/mol. The second kappa shape index (κ2) is 9.44. The van der Waals surface area contributed by atoms with Crippen molar-refractivity contribution in [3.05, 3.63) is 84.4 Å². The van der Waals surface area contributed by atoms with Crippen LogP contribution in [0.5, 0.6) is 11.5 Å². The molecule has 0 atom stereocenters. The third kappa shape index (κ3) is 4.51. The molecule has 8 heteroatoms. The summed E-state index contributed by atoms with van der Waals surface area (Å²) in [4.78, 5) is 17.5. The number of nitrogens with one attached hydrogen (secondary N) is 2. The van der Waals surface area contributed by atoms with Crippen LogP contribution in [0, 0.1) is 0 Å². The van der Waals surface area contributed by atoms with Crippen LogP contribution in [0.25, 0.3) is 33.3 Å². The van der Waals surface area contributed by atoms with E-state index in [1.807, 2.05) is 36.4 Å². The average molecular weight is 484 g/mol. The number of anilines is 1. The summed E-state index contributed by atoms with van der Waals surface area (Å²) < 4.78 is 16.6. The van der Waals surface area contributed by atoms with Crippen molar-refractivity contribution in [1.82, 2.24) is 10.3 Å². The van der Waals surface area contributed by atoms with Crippen molar-refractivity contribution >= 4 is 50.8 Å². The number of hydrogen-bond donors (Lipinski definition) is 2. The molecule has 0 spiro atoms. The summed E-state index contributed by atoms with van der Waals surface area (Å²) in [7, 11) is 2.98. The molecule has 0 saturated carbocycles. The molecule has 4 aromatic carbocycles. The highest BCUT2D eigenvalue weighted by Crippen LogP contribution is 2.29. The van der Waals surface area contributed by atoms with Gasteiger partial charge in [0.1, 0.15) is 22.6 Å². The quantitative estimate of drug-likeness (QED) is 0.306. The summed E-state index contributed by atoms with van der Waals surface area (Å²) in [5.41, 5.74) is 3.12. The largest absolute Gasteiger partial charge is 0.496 e. The summed E-state index contributed by atoms with van der Waals surface area (Å²) in [5, 5.41) is 8.08. The molecule has 0 aliphatic heterocycles. The van der Waals surface area contributed by atoms with E-state index >= 15 is 0 Å². The maximum absolute atomic E-state index is 12.8. The third-order valence-corrected chi connectivity index (χ3v) is 5.73. The van der Waals surface area contributed by atoms with Crippen LogP contribution < -0.4 is 20.1 Å². The van der Waals surface area contributed by atoms with Gasteiger partial charge in [-0.15, -0.1) is 0 Å². The zero-order chi connectivity index (χ0) is 24.4. The third-order valence-electron chi connectivity index (χ3n) is 5.52. The molecule has 2 N–H and O–H groups in total. The summed E-state index contributed by atoms with van der Waals surface area (Å²) in [6.45, 7) is 0. The van der Waals surface area contributed by atoms with Gasteiger partial charge in [-0.05, 0) is 65.5 Å². The molecule has 0 aliphatic rings. The lowest BCUT2D eigenvalue weighted by Crippen LogP contribution is -2.34. The number of rotatable bonds is 5. The zero-order valence-corrected chi connectivity index (χ0v) is 19.8. The molecular formula is C27H21N3O4S. The number of oxazole rings is 1. The molecule has 1 amide bonds. The van der Waals surface area contributed by atoms with Crippen LogP contribution in [0.2, 0.25) is 0 Å². The number of carbonyl (C=O) groups excluding carboxylic acids is 1. The van der Waals surface area contributed by atoms with Crippen molar-refractivity contribution in [2.24, 2.45) is 0 Å². The molecule has 0 bridgehead atoms. The highest BCUT2D eigenvalue weighted by Gasteiger charge is 2.19. The summed E-state index contributed by atoms with van der Waals surface area (Å²) in [5.74, 6) is 0.852. The second-order valence-electron chi connectivity index (χ2n) is 7.71. The zero-order valence-electron chi connectivity index (χ0n) is 19.0. The minimum absolute atomic E-state index is 0.126. The number of hydrogen-bond acceptors (Lipinski definition) is 6. The molecule has 5 aromatic rings.